The molecule has 2 aromatic carbocycles. The number of benzene rings is 2. The SMILES string of the molecule is CC[C@H](C(=O)NC(C)(C)C)N(CCc1ccccc1)C(=O)CSCc1ccccc1F. The normalized spacial score (nSPS) is 12.3. The Bertz CT molecular complexity index is 852. The first-order valence-corrected chi connectivity index (χ1v) is 11.8. The number of amides is 2. The van der Waals surface area contributed by atoms with Crippen molar-refractivity contribution in [3.63, 3.8) is 0 Å². The minimum absolute atomic E-state index is 0.104. The Labute approximate surface area is 189 Å². The van der Waals surface area contributed by atoms with Crippen molar-refractivity contribution >= 4 is 23.6 Å². The summed E-state index contributed by atoms with van der Waals surface area (Å²) in [6.07, 6.45) is 1.20. The van der Waals surface area contributed by atoms with E-state index in [4.69, 9.17) is 0 Å². The molecule has 0 aliphatic rings. The highest BCUT2D eigenvalue weighted by molar-refractivity contribution is 7.99. The number of thioether (sulfide) groups is 1. The Kier molecular flexibility index (Phi) is 9.56. The van der Waals surface area contributed by atoms with Crippen LogP contribution in [0.15, 0.2) is 54.6 Å². The monoisotopic (exact) mass is 444 g/mol. The molecule has 0 aliphatic heterocycles. The van der Waals surface area contributed by atoms with E-state index in [1.54, 1.807) is 23.1 Å². The number of carbonyl (C=O) groups excluding carboxylic acids is 2. The van der Waals surface area contributed by atoms with Crippen LogP contribution in [0.2, 0.25) is 0 Å². The maximum absolute atomic E-state index is 13.9. The lowest BCUT2D eigenvalue weighted by atomic mass is 10.1. The number of hydrogen-bond acceptors (Lipinski definition) is 3. The average Bonchev–Trinajstić information content (AvgIpc) is 2.71. The molecule has 0 aromatic heterocycles. The van der Waals surface area contributed by atoms with Crippen LogP contribution in [-0.4, -0.2) is 40.6 Å². The Balaban J connectivity index is 2.09. The lowest BCUT2D eigenvalue weighted by Gasteiger charge is -2.33. The number of nitrogens with zero attached hydrogens (tertiary/aromatic N) is 1. The predicted octanol–water partition coefficient (Wildman–Crippen LogP) is 4.82. The Morgan fingerprint density at radius 2 is 1.71 bits per heavy atom. The molecule has 31 heavy (non-hydrogen) atoms. The second-order valence-electron chi connectivity index (χ2n) is 8.57. The number of carbonyl (C=O) groups is 2. The summed E-state index contributed by atoms with van der Waals surface area (Å²) < 4.78 is 13.9. The van der Waals surface area contributed by atoms with Gasteiger partial charge in [-0.1, -0.05) is 55.5 Å². The van der Waals surface area contributed by atoms with Crippen LogP contribution < -0.4 is 5.32 Å². The van der Waals surface area contributed by atoms with Gasteiger partial charge in [-0.05, 0) is 50.8 Å². The summed E-state index contributed by atoms with van der Waals surface area (Å²) >= 11 is 1.37. The zero-order chi connectivity index (χ0) is 22.9. The maximum Gasteiger partial charge on any atom is 0.243 e. The Hall–Kier alpha value is -2.34. The number of halogens is 1. The van der Waals surface area contributed by atoms with E-state index in [-0.39, 0.29) is 28.9 Å². The van der Waals surface area contributed by atoms with E-state index in [1.807, 2.05) is 58.0 Å². The molecule has 2 amide bonds. The molecule has 0 aliphatic carbocycles. The smallest absolute Gasteiger partial charge is 0.243 e. The lowest BCUT2D eigenvalue weighted by Crippen LogP contribution is -2.54. The molecule has 0 bridgehead atoms. The Morgan fingerprint density at radius 3 is 2.32 bits per heavy atom. The zero-order valence-electron chi connectivity index (χ0n) is 18.9. The highest BCUT2D eigenvalue weighted by atomic mass is 32.2. The third-order valence-electron chi connectivity index (χ3n) is 4.81. The van der Waals surface area contributed by atoms with Crippen LogP contribution in [0.3, 0.4) is 0 Å². The minimum Gasteiger partial charge on any atom is -0.350 e. The first kappa shape index (κ1) is 24.9. The molecule has 168 valence electrons. The second kappa shape index (κ2) is 11.9. The molecule has 1 atom stereocenters. The molecule has 1 N–H and O–H groups in total. The fraction of sp³-hybridized carbons (Fsp3) is 0.440. The van der Waals surface area contributed by atoms with Gasteiger partial charge >= 0.3 is 0 Å². The average molecular weight is 445 g/mol. The van der Waals surface area contributed by atoms with Crippen molar-refractivity contribution in [3.8, 4) is 0 Å². The van der Waals surface area contributed by atoms with Crippen molar-refractivity contribution in [1.29, 1.82) is 0 Å². The van der Waals surface area contributed by atoms with Crippen molar-refractivity contribution in [2.45, 2.75) is 57.9 Å². The van der Waals surface area contributed by atoms with Crippen LogP contribution in [0, 0.1) is 5.82 Å². The number of hydrogen-bond donors (Lipinski definition) is 1. The van der Waals surface area contributed by atoms with Crippen LogP contribution in [-0.2, 0) is 21.8 Å². The topological polar surface area (TPSA) is 49.4 Å². The van der Waals surface area contributed by atoms with Crippen LogP contribution in [0.25, 0.3) is 0 Å². The molecule has 0 fully saturated rings. The van der Waals surface area contributed by atoms with E-state index in [0.29, 0.717) is 30.7 Å². The zero-order valence-corrected chi connectivity index (χ0v) is 19.7. The van der Waals surface area contributed by atoms with Gasteiger partial charge in [0.15, 0.2) is 0 Å². The third-order valence-corrected chi connectivity index (χ3v) is 5.78. The summed E-state index contributed by atoms with van der Waals surface area (Å²) in [6, 6.07) is 16.0. The fourth-order valence-corrected chi connectivity index (χ4v) is 4.19. The molecule has 2 aromatic rings. The molecule has 6 heteroatoms. The maximum atomic E-state index is 13.9. The predicted molar refractivity (Wildman–Crippen MR) is 126 cm³/mol. The van der Waals surface area contributed by atoms with E-state index in [2.05, 4.69) is 5.32 Å². The molecule has 0 heterocycles. The van der Waals surface area contributed by atoms with Crippen LogP contribution in [0.1, 0.15) is 45.2 Å². The minimum atomic E-state index is -0.538. The fourth-order valence-electron chi connectivity index (χ4n) is 3.30. The van der Waals surface area contributed by atoms with Gasteiger partial charge in [-0.3, -0.25) is 9.59 Å². The molecule has 0 spiro atoms. The molecular formula is C25H33FN2O2S. The van der Waals surface area contributed by atoms with Crippen molar-refractivity contribution in [2.24, 2.45) is 0 Å². The molecule has 0 unspecified atom stereocenters. The van der Waals surface area contributed by atoms with Crippen LogP contribution in [0.5, 0.6) is 0 Å². The van der Waals surface area contributed by atoms with Gasteiger partial charge in [-0.15, -0.1) is 11.8 Å². The summed E-state index contributed by atoms with van der Waals surface area (Å²) in [6.45, 7) is 8.16. The summed E-state index contributed by atoms with van der Waals surface area (Å²) in [7, 11) is 0. The van der Waals surface area contributed by atoms with Crippen molar-refractivity contribution < 1.29 is 14.0 Å². The standard InChI is InChI=1S/C25H33FN2O2S/c1-5-22(24(30)27-25(2,3)4)28(16-15-19-11-7-6-8-12-19)23(29)18-31-17-20-13-9-10-14-21(20)26/h6-14,22H,5,15-18H2,1-4H3,(H,27,30)/t22-/m1/s1. The van der Waals surface area contributed by atoms with Gasteiger partial charge in [-0.2, -0.15) is 0 Å². The van der Waals surface area contributed by atoms with Gasteiger partial charge in [0.25, 0.3) is 0 Å². The summed E-state index contributed by atoms with van der Waals surface area (Å²) in [5, 5.41) is 3.00. The van der Waals surface area contributed by atoms with Gasteiger partial charge in [0, 0.05) is 17.8 Å². The van der Waals surface area contributed by atoms with Crippen LogP contribution in [0.4, 0.5) is 4.39 Å². The Morgan fingerprint density at radius 1 is 1.06 bits per heavy atom. The van der Waals surface area contributed by atoms with Crippen LogP contribution >= 0.6 is 11.8 Å². The number of rotatable bonds is 10. The van der Waals surface area contributed by atoms with E-state index >= 15 is 0 Å². The van der Waals surface area contributed by atoms with E-state index < -0.39 is 6.04 Å². The quantitative estimate of drug-likeness (QED) is 0.571. The first-order chi connectivity index (χ1) is 14.7. The van der Waals surface area contributed by atoms with E-state index in [0.717, 1.165) is 5.56 Å². The van der Waals surface area contributed by atoms with Gasteiger partial charge in [0.1, 0.15) is 11.9 Å². The van der Waals surface area contributed by atoms with Gasteiger partial charge < -0.3 is 10.2 Å². The van der Waals surface area contributed by atoms with Gasteiger partial charge in [-0.25, -0.2) is 4.39 Å². The molecule has 0 radical (unpaired) electrons. The molecule has 2 rings (SSSR count). The van der Waals surface area contributed by atoms with E-state index in [9.17, 15) is 14.0 Å². The molecule has 0 saturated carbocycles. The summed E-state index contributed by atoms with van der Waals surface area (Å²) in [5.41, 5.74) is 1.32. The van der Waals surface area contributed by atoms with Gasteiger partial charge in [0.05, 0.1) is 5.75 Å². The van der Waals surface area contributed by atoms with Crippen molar-refractivity contribution in [1.82, 2.24) is 10.2 Å². The molecule has 4 nitrogen and oxygen atoms in total. The largest absolute Gasteiger partial charge is 0.350 e. The summed E-state index contributed by atoms with van der Waals surface area (Å²) in [5.74, 6) is 0.0984. The third kappa shape index (κ3) is 8.37. The molecular weight excluding hydrogens is 411 g/mol. The van der Waals surface area contributed by atoms with Crippen molar-refractivity contribution in [2.75, 3.05) is 12.3 Å². The lowest BCUT2D eigenvalue weighted by molar-refractivity contribution is -0.139. The summed E-state index contributed by atoms with van der Waals surface area (Å²) in [4.78, 5) is 27.8. The number of nitrogens with one attached hydrogen (secondary N) is 1. The second-order valence-corrected chi connectivity index (χ2v) is 9.56. The van der Waals surface area contributed by atoms with Gasteiger partial charge in [0.2, 0.25) is 11.8 Å². The molecule has 0 saturated heterocycles. The highest BCUT2D eigenvalue weighted by Gasteiger charge is 2.30. The highest BCUT2D eigenvalue weighted by Crippen LogP contribution is 2.18. The van der Waals surface area contributed by atoms with E-state index in [1.165, 1.54) is 17.8 Å². The van der Waals surface area contributed by atoms with Crippen molar-refractivity contribution in [3.05, 3.63) is 71.5 Å². The first-order valence-electron chi connectivity index (χ1n) is 10.7.